The third-order valence-corrected chi connectivity index (χ3v) is 3.32. The summed E-state index contributed by atoms with van der Waals surface area (Å²) in [7, 11) is 0. The highest BCUT2D eigenvalue weighted by atomic mass is 35.5. The van der Waals surface area contributed by atoms with Crippen LogP contribution in [0.1, 0.15) is 5.56 Å². The first-order valence-corrected chi connectivity index (χ1v) is 7.04. The van der Waals surface area contributed by atoms with Gasteiger partial charge in [-0.1, -0.05) is 47.1 Å². The molecule has 2 aromatic carbocycles. The largest absolute Gasteiger partial charge is 0.487 e. The molecule has 0 saturated heterocycles. The fraction of sp³-hybridized carbons (Fsp3) is 0.0588. The topological polar surface area (TPSA) is 47.9 Å². The summed E-state index contributed by atoms with van der Waals surface area (Å²) in [4.78, 5) is 16.5. The highest BCUT2D eigenvalue weighted by Gasteiger charge is 2.25. The Morgan fingerprint density at radius 3 is 2.55 bits per heavy atom. The molecule has 22 heavy (non-hydrogen) atoms. The first kappa shape index (κ1) is 14.4. The normalized spacial score (nSPS) is 15.6. The fourth-order valence-corrected chi connectivity index (χ4v) is 2.08. The number of halogens is 1. The first-order chi connectivity index (χ1) is 10.7. The average Bonchev–Trinajstić information content (AvgIpc) is 2.89. The molecule has 0 atom stereocenters. The van der Waals surface area contributed by atoms with E-state index in [0.29, 0.717) is 22.1 Å². The second-order valence-electron chi connectivity index (χ2n) is 4.63. The Morgan fingerprint density at radius 1 is 1.09 bits per heavy atom. The number of benzene rings is 2. The molecule has 1 aliphatic rings. The van der Waals surface area contributed by atoms with Gasteiger partial charge >= 0.3 is 5.97 Å². The summed E-state index contributed by atoms with van der Waals surface area (Å²) < 4.78 is 5.60. The van der Waals surface area contributed by atoms with E-state index in [0.717, 1.165) is 5.56 Å². The van der Waals surface area contributed by atoms with E-state index in [-0.39, 0.29) is 6.61 Å². The van der Waals surface area contributed by atoms with Crippen LogP contribution in [0, 0.1) is 0 Å². The molecular formula is C17H12ClNO3. The standard InChI is InChI=1S/C17H12ClNO3/c18-13-8-6-12(7-9-13)10-15-16(19-22-17(15)20)11-21-14-4-2-1-3-5-14/h1-10H,11H2. The smallest absolute Gasteiger partial charge is 0.367 e. The molecular weight excluding hydrogens is 302 g/mol. The Kier molecular flexibility index (Phi) is 4.21. The molecule has 0 radical (unpaired) electrons. The van der Waals surface area contributed by atoms with E-state index in [9.17, 15) is 4.79 Å². The lowest BCUT2D eigenvalue weighted by molar-refractivity contribution is -0.136. The molecule has 0 N–H and O–H groups in total. The molecule has 0 aromatic heterocycles. The number of carbonyl (C=O) groups excluding carboxylic acids is 1. The molecule has 0 fully saturated rings. The minimum absolute atomic E-state index is 0.162. The molecule has 2 aromatic rings. The van der Waals surface area contributed by atoms with Crippen LogP contribution in [0.3, 0.4) is 0 Å². The van der Waals surface area contributed by atoms with Gasteiger partial charge in [0.1, 0.15) is 18.1 Å². The molecule has 1 aliphatic heterocycles. The van der Waals surface area contributed by atoms with Crippen LogP contribution in [0.25, 0.3) is 6.08 Å². The summed E-state index contributed by atoms with van der Waals surface area (Å²) in [6, 6.07) is 16.5. The monoisotopic (exact) mass is 313 g/mol. The minimum atomic E-state index is -0.485. The number of oxime groups is 1. The van der Waals surface area contributed by atoms with Crippen molar-refractivity contribution < 1.29 is 14.4 Å². The van der Waals surface area contributed by atoms with Gasteiger partial charge in [-0.3, -0.25) is 0 Å². The Balaban J connectivity index is 1.76. The Labute approximate surface area is 132 Å². The molecule has 0 aliphatic carbocycles. The molecule has 0 bridgehead atoms. The number of hydrogen-bond acceptors (Lipinski definition) is 4. The summed E-state index contributed by atoms with van der Waals surface area (Å²) in [5.74, 6) is 0.219. The van der Waals surface area contributed by atoms with E-state index in [1.165, 1.54) is 0 Å². The van der Waals surface area contributed by atoms with Gasteiger partial charge in [0.25, 0.3) is 0 Å². The van der Waals surface area contributed by atoms with Crippen LogP contribution in [0.15, 0.2) is 65.3 Å². The van der Waals surface area contributed by atoms with Gasteiger partial charge < -0.3 is 9.57 Å². The molecule has 0 saturated carbocycles. The fourth-order valence-electron chi connectivity index (χ4n) is 1.95. The highest BCUT2D eigenvalue weighted by Crippen LogP contribution is 2.18. The van der Waals surface area contributed by atoms with E-state index >= 15 is 0 Å². The van der Waals surface area contributed by atoms with Crippen molar-refractivity contribution in [2.45, 2.75) is 0 Å². The van der Waals surface area contributed by atoms with E-state index in [1.807, 2.05) is 42.5 Å². The maximum atomic E-state index is 11.8. The molecule has 0 unspecified atom stereocenters. The second-order valence-corrected chi connectivity index (χ2v) is 5.06. The van der Waals surface area contributed by atoms with Gasteiger partial charge in [-0.2, -0.15) is 0 Å². The predicted octanol–water partition coefficient (Wildman–Crippen LogP) is 3.72. The average molecular weight is 314 g/mol. The van der Waals surface area contributed by atoms with Gasteiger partial charge in [0.05, 0.1) is 5.57 Å². The third-order valence-electron chi connectivity index (χ3n) is 3.07. The SMILES string of the molecule is O=C1ON=C(COc2ccccc2)C1=Cc1ccc(Cl)cc1. The zero-order chi connectivity index (χ0) is 15.4. The molecule has 0 spiro atoms. The summed E-state index contributed by atoms with van der Waals surface area (Å²) in [6.45, 7) is 0.162. The predicted molar refractivity (Wildman–Crippen MR) is 84.9 cm³/mol. The maximum absolute atomic E-state index is 11.8. The Morgan fingerprint density at radius 2 is 1.82 bits per heavy atom. The van der Waals surface area contributed by atoms with Gasteiger partial charge in [0.2, 0.25) is 0 Å². The van der Waals surface area contributed by atoms with Crippen LogP contribution in [-0.4, -0.2) is 18.3 Å². The van der Waals surface area contributed by atoms with E-state index in [2.05, 4.69) is 5.16 Å². The van der Waals surface area contributed by atoms with Crippen molar-refractivity contribution >= 4 is 29.4 Å². The van der Waals surface area contributed by atoms with E-state index < -0.39 is 5.97 Å². The van der Waals surface area contributed by atoms with Crippen molar-refractivity contribution in [1.29, 1.82) is 0 Å². The second kappa shape index (κ2) is 6.45. The number of carbonyl (C=O) groups is 1. The number of nitrogens with zero attached hydrogens (tertiary/aromatic N) is 1. The lowest BCUT2D eigenvalue weighted by Gasteiger charge is -2.05. The number of para-hydroxylation sites is 1. The number of rotatable bonds is 4. The first-order valence-electron chi connectivity index (χ1n) is 6.66. The Hall–Kier alpha value is -2.59. The maximum Gasteiger partial charge on any atom is 0.367 e. The summed E-state index contributed by atoms with van der Waals surface area (Å²) in [5.41, 5.74) is 1.69. The van der Waals surface area contributed by atoms with Gasteiger partial charge in [0, 0.05) is 5.02 Å². The molecule has 110 valence electrons. The van der Waals surface area contributed by atoms with Crippen molar-refractivity contribution in [3.8, 4) is 5.75 Å². The minimum Gasteiger partial charge on any atom is -0.487 e. The van der Waals surface area contributed by atoms with Crippen LogP contribution >= 0.6 is 11.6 Å². The molecule has 4 nitrogen and oxygen atoms in total. The van der Waals surface area contributed by atoms with Crippen LogP contribution < -0.4 is 4.74 Å². The summed E-state index contributed by atoms with van der Waals surface area (Å²) >= 11 is 5.85. The molecule has 3 rings (SSSR count). The molecule has 5 heteroatoms. The molecule has 1 heterocycles. The van der Waals surface area contributed by atoms with Crippen molar-refractivity contribution in [2.24, 2.45) is 5.16 Å². The van der Waals surface area contributed by atoms with Crippen LogP contribution in [0.2, 0.25) is 5.02 Å². The summed E-state index contributed by atoms with van der Waals surface area (Å²) in [5, 5.41) is 4.41. The van der Waals surface area contributed by atoms with Crippen LogP contribution in [-0.2, 0) is 9.63 Å². The number of hydrogen-bond donors (Lipinski definition) is 0. The zero-order valence-electron chi connectivity index (χ0n) is 11.5. The van der Waals surface area contributed by atoms with Crippen molar-refractivity contribution in [1.82, 2.24) is 0 Å². The van der Waals surface area contributed by atoms with Crippen LogP contribution in [0.4, 0.5) is 0 Å². The lowest BCUT2D eigenvalue weighted by Crippen LogP contribution is -2.14. The van der Waals surface area contributed by atoms with E-state index in [4.69, 9.17) is 21.2 Å². The van der Waals surface area contributed by atoms with Crippen molar-refractivity contribution in [3.05, 3.63) is 70.8 Å². The van der Waals surface area contributed by atoms with E-state index in [1.54, 1.807) is 18.2 Å². The lowest BCUT2D eigenvalue weighted by atomic mass is 10.1. The van der Waals surface area contributed by atoms with Gasteiger partial charge in [-0.15, -0.1) is 0 Å². The van der Waals surface area contributed by atoms with Gasteiger partial charge in [0.15, 0.2) is 0 Å². The quantitative estimate of drug-likeness (QED) is 0.638. The van der Waals surface area contributed by atoms with Crippen molar-refractivity contribution in [3.63, 3.8) is 0 Å². The zero-order valence-corrected chi connectivity index (χ0v) is 12.3. The summed E-state index contributed by atoms with van der Waals surface area (Å²) in [6.07, 6.45) is 1.71. The van der Waals surface area contributed by atoms with Crippen molar-refractivity contribution in [2.75, 3.05) is 6.61 Å². The Bertz CT molecular complexity index is 736. The third kappa shape index (κ3) is 3.35. The highest BCUT2D eigenvalue weighted by molar-refractivity contribution is 6.30. The van der Waals surface area contributed by atoms with Gasteiger partial charge in [-0.25, -0.2) is 4.79 Å². The molecule has 0 amide bonds. The number of ether oxygens (including phenoxy) is 1. The van der Waals surface area contributed by atoms with Gasteiger partial charge in [-0.05, 0) is 35.9 Å². The van der Waals surface area contributed by atoms with Crippen LogP contribution in [0.5, 0.6) is 5.75 Å².